The van der Waals surface area contributed by atoms with E-state index in [4.69, 9.17) is 0 Å². The van der Waals surface area contributed by atoms with Gasteiger partial charge in [0.1, 0.15) is 0 Å². The third kappa shape index (κ3) is 3.13. The van der Waals surface area contributed by atoms with Crippen molar-refractivity contribution in [2.24, 2.45) is 17.8 Å². The zero-order valence-electron chi connectivity index (χ0n) is 10.7. The summed E-state index contributed by atoms with van der Waals surface area (Å²) in [4.78, 5) is 0. The summed E-state index contributed by atoms with van der Waals surface area (Å²) in [5, 5.41) is 0. The largest absolute Gasteiger partial charge is 0.331 e. The molecule has 14 heavy (non-hydrogen) atoms. The Morgan fingerprint density at radius 2 is 1.86 bits per heavy atom. The first-order valence-corrected chi connectivity index (χ1v) is 5.77. The number of rotatable bonds is 2. The molecule has 0 aliphatic heterocycles. The summed E-state index contributed by atoms with van der Waals surface area (Å²) < 4.78 is 1.09. The quantitative estimate of drug-likeness (QED) is 0.470. The summed E-state index contributed by atoms with van der Waals surface area (Å²) in [5.41, 5.74) is 1.59. The Bertz CT molecular complexity index is 222. The molecular formula is C13H26N+. The van der Waals surface area contributed by atoms with Crippen LogP contribution < -0.4 is 0 Å². The van der Waals surface area contributed by atoms with Gasteiger partial charge in [-0.25, -0.2) is 0 Å². The number of hydrogen-bond acceptors (Lipinski definition) is 0. The van der Waals surface area contributed by atoms with Gasteiger partial charge in [-0.15, -0.1) is 0 Å². The van der Waals surface area contributed by atoms with Crippen molar-refractivity contribution in [3.63, 3.8) is 0 Å². The third-order valence-electron chi connectivity index (χ3n) is 3.36. The molecule has 0 aromatic rings. The van der Waals surface area contributed by atoms with Gasteiger partial charge < -0.3 is 4.48 Å². The van der Waals surface area contributed by atoms with Crippen molar-refractivity contribution in [3.05, 3.63) is 11.6 Å². The van der Waals surface area contributed by atoms with Crippen LogP contribution in [0.3, 0.4) is 0 Å². The first-order valence-electron chi connectivity index (χ1n) is 5.77. The maximum atomic E-state index is 2.47. The van der Waals surface area contributed by atoms with Gasteiger partial charge >= 0.3 is 0 Å². The van der Waals surface area contributed by atoms with E-state index in [2.05, 4.69) is 48.0 Å². The van der Waals surface area contributed by atoms with Crippen LogP contribution in [0.4, 0.5) is 0 Å². The average Bonchev–Trinajstić information content (AvgIpc) is 1.95. The van der Waals surface area contributed by atoms with Crippen LogP contribution in [0, 0.1) is 17.8 Å². The highest BCUT2D eigenvalue weighted by molar-refractivity contribution is 5.08. The van der Waals surface area contributed by atoms with Gasteiger partial charge in [0, 0.05) is 5.92 Å². The van der Waals surface area contributed by atoms with E-state index >= 15 is 0 Å². The van der Waals surface area contributed by atoms with Crippen molar-refractivity contribution in [2.45, 2.75) is 27.2 Å². The lowest BCUT2D eigenvalue weighted by Crippen LogP contribution is -2.43. The van der Waals surface area contributed by atoms with Crippen LogP contribution in [0.25, 0.3) is 0 Å². The molecule has 0 spiro atoms. The molecule has 0 saturated heterocycles. The molecule has 3 atom stereocenters. The Kier molecular flexibility index (Phi) is 3.41. The SMILES string of the molecule is CC1=C[C@H](C)[C@@H](C[N+](C)(C)C)[C@@H](C)C1. The maximum Gasteiger partial charge on any atom is 0.0817 e. The Morgan fingerprint density at radius 1 is 1.29 bits per heavy atom. The van der Waals surface area contributed by atoms with E-state index in [1.165, 1.54) is 13.0 Å². The van der Waals surface area contributed by atoms with Crippen LogP contribution in [0.2, 0.25) is 0 Å². The van der Waals surface area contributed by atoms with E-state index in [1.54, 1.807) is 5.57 Å². The lowest BCUT2D eigenvalue weighted by molar-refractivity contribution is -0.874. The highest BCUT2D eigenvalue weighted by Gasteiger charge is 2.30. The molecule has 0 heterocycles. The number of hydrogen-bond donors (Lipinski definition) is 0. The van der Waals surface area contributed by atoms with Crippen molar-refractivity contribution in [2.75, 3.05) is 27.7 Å². The van der Waals surface area contributed by atoms with Crippen LogP contribution >= 0.6 is 0 Å². The van der Waals surface area contributed by atoms with Gasteiger partial charge in [-0.2, -0.15) is 0 Å². The molecule has 0 bridgehead atoms. The standard InChI is InChI=1S/C13H26N/c1-10-7-11(2)13(12(3)8-10)9-14(4,5)6/h7,11-13H,8-9H2,1-6H3/q+1/t11-,12-,13+/m0/s1. The van der Waals surface area contributed by atoms with Gasteiger partial charge in [0.25, 0.3) is 0 Å². The second kappa shape index (κ2) is 4.06. The molecule has 1 aliphatic rings. The molecule has 1 nitrogen and oxygen atoms in total. The Hall–Kier alpha value is -0.300. The molecule has 0 amide bonds. The monoisotopic (exact) mass is 196 g/mol. The fourth-order valence-corrected chi connectivity index (χ4v) is 2.80. The van der Waals surface area contributed by atoms with Crippen molar-refractivity contribution >= 4 is 0 Å². The van der Waals surface area contributed by atoms with Gasteiger partial charge in [-0.05, 0) is 25.2 Å². The normalized spacial score (nSPS) is 34.1. The van der Waals surface area contributed by atoms with E-state index in [9.17, 15) is 0 Å². The van der Waals surface area contributed by atoms with Crippen LogP contribution in [0.5, 0.6) is 0 Å². The molecule has 0 saturated carbocycles. The average molecular weight is 196 g/mol. The molecule has 0 radical (unpaired) electrons. The minimum Gasteiger partial charge on any atom is -0.331 e. The molecule has 0 aromatic carbocycles. The summed E-state index contributed by atoms with van der Waals surface area (Å²) in [6.45, 7) is 8.36. The van der Waals surface area contributed by atoms with Crippen LogP contribution in [0.15, 0.2) is 11.6 Å². The van der Waals surface area contributed by atoms with Gasteiger partial charge in [0.15, 0.2) is 0 Å². The van der Waals surface area contributed by atoms with E-state index in [-0.39, 0.29) is 0 Å². The van der Waals surface area contributed by atoms with Crippen molar-refractivity contribution in [1.29, 1.82) is 0 Å². The maximum absolute atomic E-state index is 2.47. The fourth-order valence-electron chi connectivity index (χ4n) is 2.80. The fraction of sp³-hybridized carbons (Fsp3) is 0.846. The highest BCUT2D eigenvalue weighted by Crippen LogP contribution is 2.34. The van der Waals surface area contributed by atoms with Gasteiger partial charge in [-0.3, -0.25) is 0 Å². The lowest BCUT2D eigenvalue weighted by Gasteiger charge is -2.37. The minimum absolute atomic E-state index is 0.760. The molecule has 82 valence electrons. The molecular weight excluding hydrogens is 170 g/mol. The summed E-state index contributed by atoms with van der Waals surface area (Å²) in [6, 6.07) is 0. The lowest BCUT2D eigenvalue weighted by atomic mass is 9.74. The number of allylic oxidation sites excluding steroid dienone is 2. The number of nitrogens with zero attached hydrogens (tertiary/aromatic N) is 1. The van der Waals surface area contributed by atoms with E-state index in [1.807, 2.05) is 0 Å². The molecule has 1 aliphatic carbocycles. The Balaban J connectivity index is 2.69. The van der Waals surface area contributed by atoms with Crippen molar-refractivity contribution < 1.29 is 4.48 Å². The molecule has 1 rings (SSSR count). The first-order chi connectivity index (χ1) is 6.29. The second-order valence-corrected chi connectivity index (χ2v) is 6.19. The highest BCUT2D eigenvalue weighted by atomic mass is 15.3. The predicted molar refractivity (Wildman–Crippen MR) is 63.1 cm³/mol. The van der Waals surface area contributed by atoms with Gasteiger partial charge in [0.2, 0.25) is 0 Å². The smallest absolute Gasteiger partial charge is 0.0817 e. The molecule has 0 fully saturated rings. The summed E-state index contributed by atoms with van der Waals surface area (Å²) in [7, 11) is 6.89. The van der Waals surface area contributed by atoms with Gasteiger partial charge in [0.05, 0.1) is 27.7 Å². The first kappa shape index (κ1) is 11.8. The molecule has 1 heteroatoms. The molecule has 0 aromatic heterocycles. The van der Waals surface area contributed by atoms with Crippen LogP contribution in [-0.4, -0.2) is 32.2 Å². The summed E-state index contributed by atoms with van der Waals surface area (Å²) in [6.07, 6.45) is 3.77. The third-order valence-corrected chi connectivity index (χ3v) is 3.36. The summed E-state index contributed by atoms with van der Waals surface area (Å²) >= 11 is 0. The summed E-state index contributed by atoms with van der Waals surface area (Å²) in [5.74, 6) is 2.47. The van der Waals surface area contributed by atoms with E-state index < -0.39 is 0 Å². The van der Waals surface area contributed by atoms with E-state index in [0.29, 0.717) is 0 Å². The molecule has 0 N–H and O–H groups in total. The van der Waals surface area contributed by atoms with Crippen molar-refractivity contribution in [1.82, 2.24) is 0 Å². The Morgan fingerprint density at radius 3 is 2.29 bits per heavy atom. The van der Waals surface area contributed by atoms with E-state index in [0.717, 1.165) is 22.2 Å². The topological polar surface area (TPSA) is 0 Å². The van der Waals surface area contributed by atoms with Gasteiger partial charge in [-0.1, -0.05) is 25.5 Å². The Labute approximate surface area is 89.4 Å². The van der Waals surface area contributed by atoms with Crippen molar-refractivity contribution in [3.8, 4) is 0 Å². The zero-order valence-corrected chi connectivity index (χ0v) is 10.7. The van der Waals surface area contributed by atoms with Crippen LogP contribution in [-0.2, 0) is 0 Å². The van der Waals surface area contributed by atoms with Crippen LogP contribution in [0.1, 0.15) is 27.2 Å². The zero-order chi connectivity index (χ0) is 10.9. The predicted octanol–water partition coefficient (Wildman–Crippen LogP) is 2.93. The second-order valence-electron chi connectivity index (χ2n) is 6.19. The minimum atomic E-state index is 0.760. The molecule has 0 unspecified atom stereocenters. The number of quaternary nitrogens is 1.